The van der Waals surface area contributed by atoms with E-state index in [9.17, 15) is 4.79 Å². The highest BCUT2D eigenvalue weighted by atomic mass is 35.5. The van der Waals surface area contributed by atoms with Crippen LogP contribution in [0.25, 0.3) is 0 Å². The van der Waals surface area contributed by atoms with Crippen LogP contribution in [0.1, 0.15) is 30.7 Å². The molecule has 1 aliphatic heterocycles. The van der Waals surface area contributed by atoms with E-state index < -0.39 is 0 Å². The zero-order chi connectivity index (χ0) is 16.4. The molecule has 23 heavy (non-hydrogen) atoms. The Hall–Kier alpha value is -1.50. The van der Waals surface area contributed by atoms with E-state index in [1.54, 1.807) is 13.0 Å². The van der Waals surface area contributed by atoms with Gasteiger partial charge >= 0.3 is 0 Å². The highest BCUT2D eigenvalue weighted by molar-refractivity contribution is 7.99. The first-order valence-electron chi connectivity index (χ1n) is 7.45. The average molecular weight is 352 g/mol. The normalized spacial score (nSPS) is 18.3. The molecule has 7 heteroatoms. The van der Waals surface area contributed by atoms with Crippen LogP contribution >= 0.6 is 23.4 Å². The van der Waals surface area contributed by atoms with Gasteiger partial charge in [-0.3, -0.25) is 10.1 Å². The Morgan fingerprint density at radius 1 is 1.48 bits per heavy atom. The van der Waals surface area contributed by atoms with Crippen molar-refractivity contribution in [2.24, 2.45) is 0 Å². The van der Waals surface area contributed by atoms with Gasteiger partial charge in [-0.2, -0.15) is 0 Å². The number of nitrogens with zero attached hydrogens (tertiary/aromatic N) is 1. The first-order chi connectivity index (χ1) is 11.0. The van der Waals surface area contributed by atoms with E-state index in [4.69, 9.17) is 16.1 Å². The molecule has 1 aliphatic rings. The molecule has 1 aromatic heterocycles. The molecule has 0 spiro atoms. The molecule has 0 fully saturated rings. The quantitative estimate of drug-likeness (QED) is 0.877. The number of benzene rings is 1. The predicted octanol–water partition coefficient (Wildman–Crippen LogP) is 3.79. The van der Waals surface area contributed by atoms with E-state index in [1.807, 2.05) is 36.9 Å². The Labute approximate surface area is 144 Å². The minimum Gasteiger partial charge on any atom is -0.360 e. The summed E-state index contributed by atoms with van der Waals surface area (Å²) in [5.74, 6) is 1.97. The number of fused-ring (bicyclic) bond motifs is 1. The fourth-order valence-corrected chi connectivity index (χ4v) is 3.86. The fraction of sp³-hybridized carbons (Fsp3) is 0.375. The molecule has 122 valence electrons. The number of carbonyl (C=O) groups is 1. The van der Waals surface area contributed by atoms with Crippen molar-refractivity contribution in [1.82, 2.24) is 10.5 Å². The second-order valence-electron chi connectivity index (χ2n) is 5.57. The first-order valence-corrected chi connectivity index (χ1v) is 8.82. The van der Waals surface area contributed by atoms with Gasteiger partial charge in [0.2, 0.25) is 5.91 Å². The van der Waals surface area contributed by atoms with E-state index in [1.165, 1.54) is 4.90 Å². The highest BCUT2D eigenvalue weighted by Gasteiger charge is 2.25. The van der Waals surface area contributed by atoms with Crippen LogP contribution in [0.3, 0.4) is 0 Å². The molecule has 1 aromatic carbocycles. The molecule has 0 saturated heterocycles. The molecule has 2 N–H and O–H groups in total. The van der Waals surface area contributed by atoms with Crippen molar-refractivity contribution in [2.75, 3.05) is 11.1 Å². The molecule has 2 aromatic rings. The van der Waals surface area contributed by atoms with E-state index >= 15 is 0 Å². The molecule has 1 amide bonds. The Balaban J connectivity index is 1.67. The summed E-state index contributed by atoms with van der Waals surface area (Å²) in [6.07, 6.45) is 0.957. The molecule has 0 unspecified atom stereocenters. The summed E-state index contributed by atoms with van der Waals surface area (Å²) in [6, 6.07) is 7.37. The van der Waals surface area contributed by atoms with Crippen LogP contribution in [0, 0.1) is 6.92 Å². The maximum Gasteiger partial charge on any atom is 0.242 e. The number of hydrogen-bond donors (Lipinski definition) is 2. The highest BCUT2D eigenvalue weighted by Crippen LogP contribution is 2.37. The molecule has 0 radical (unpaired) electrons. The topological polar surface area (TPSA) is 67.2 Å². The lowest BCUT2D eigenvalue weighted by molar-refractivity contribution is -0.118. The van der Waals surface area contributed by atoms with Gasteiger partial charge in [0.15, 0.2) is 5.82 Å². The summed E-state index contributed by atoms with van der Waals surface area (Å²) in [5.41, 5.74) is 1.16. The third-order valence-corrected chi connectivity index (χ3v) is 5.09. The zero-order valence-corrected chi connectivity index (χ0v) is 14.5. The molecule has 0 bridgehead atoms. The van der Waals surface area contributed by atoms with Crippen molar-refractivity contribution >= 4 is 35.1 Å². The van der Waals surface area contributed by atoms with Gasteiger partial charge in [-0.1, -0.05) is 16.8 Å². The third-order valence-electron chi connectivity index (χ3n) is 3.74. The number of nitrogens with one attached hydrogen (secondary N) is 2. The van der Waals surface area contributed by atoms with Crippen LogP contribution in [-0.4, -0.2) is 22.9 Å². The SMILES string of the molecule is Cc1cc(NC(=O)[C@H](C)N[C@@H]2CCSc3ccc(Cl)cc32)no1. The van der Waals surface area contributed by atoms with Crippen molar-refractivity contribution in [3.8, 4) is 0 Å². The van der Waals surface area contributed by atoms with Crippen LogP contribution in [0.2, 0.25) is 5.02 Å². The first kappa shape index (κ1) is 16.4. The van der Waals surface area contributed by atoms with Gasteiger partial charge in [0, 0.05) is 22.0 Å². The van der Waals surface area contributed by atoms with Gasteiger partial charge in [-0.05, 0) is 49.8 Å². The second-order valence-corrected chi connectivity index (χ2v) is 7.15. The molecule has 2 atom stereocenters. The number of aromatic nitrogens is 1. The zero-order valence-electron chi connectivity index (χ0n) is 12.9. The van der Waals surface area contributed by atoms with Gasteiger partial charge in [-0.15, -0.1) is 11.8 Å². The van der Waals surface area contributed by atoms with Crippen LogP contribution < -0.4 is 10.6 Å². The van der Waals surface area contributed by atoms with Gasteiger partial charge < -0.3 is 9.84 Å². The number of hydrogen-bond acceptors (Lipinski definition) is 5. The number of aryl methyl sites for hydroxylation is 1. The van der Waals surface area contributed by atoms with Crippen LogP contribution in [-0.2, 0) is 4.79 Å². The predicted molar refractivity (Wildman–Crippen MR) is 92.0 cm³/mol. The van der Waals surface area contributed by atoms with Crippen LogP contribution in [0.15, 0.2) is 33.7 Å². The number of thioether (sulfide) groups is 1. The molecular formula is C16H18ClN3O2S. The Kier molecular flexibility index (Phi) is 4.94. The summed E-state index contributed by atoms with van der Waals surface area (Å²) in [7, 11) is 0. The van der Waals surface area contributed by atoms with Gasteiger partial charge in [0.1, 0.15) is 5.76 Å². The Morgan fingerprint density at radius 3 is 3.04 bits per heavy atom. The standard InChI is InChI=1S/C16H18ClN3O2S/c1-9-7-15(20-22-9)19-16(21)10(2)18-13-5-6-23-14-4-3-11(17)8-12(13)14/h3-4,7-8,10,13,18H,5-6H2,1-2H3,(H,19,20,21)/t10-,13+/m0/s1. The number of amides is 1. The van der Waals surface area contributed by atoms with E-state index in [0.29, 0.717) is 16.6 Å². The second kappa shape index (κ2) is 6.95. The van der Waals surface area contributed by atoms with Crippen molar-refractivity contribution in [3.05, 3.63) is 40.6 Å². The minimum absolute atomic E-state index is 0.116. The molecule has 0 aliphatic carbocycles. The fourth-order valence-electron chi connectivity index (χ4n) is 2.58. The summed E-state index contributed by atoms with van der Waals surface area (Å²) in [4.78, 5) is 13.5. The largest absolute Gasteiger partial charge is 0.360 e. The minimum atomic E-state index is -0.355. The molecular weight excluding hydrogens is 334 g/mol. The van der Waals surface area contributed by atoms with Crippen molar-refractivity contribution in [3.63, 3.8) is 0 Å². The lowest BCUT2D eigenvalue weighted by Crippen LogP contribution is -2.41. The third kappa shape index (κ3) is 3.88. The number of rotatable bonds is 4. The van der Waals surface area contributed by atoms with Crippen molar-refractivity contribution in [1.29, 1.82) is 0 Å². The summed E-state index contributed by atoms with van der Waals surface area (Å²) >= 11 is 7.94. The van der Waals surface area contributed by atoms with Gasteiger partial charge in [0.05, 0.1) is 6.04 Å². The lowest BCUT2D eigenvalue weighted by Gasteiger charge is -2.28. The van der Waals surface area contributed by atoms with Crippen molar-refractivity contribution < 1.29 is 9.32 Å². The summed E-state index contributed by atoms with van der Waals surface area (Å²) in [5, 5.41) is 10.6. The maximum atomic E-state index is 12.3. The molecule has 0 saturated carbocycles. The van der Waals surface area contributed by atoms with E-state index in [0.717, 1.165) is 17.7 Å². The van der Waals surface area contributed by atoms with E-state index in [-0.39, 0.29) is 18.0 Å². The molecule has 2 heterocycles. The Morgan fingerprint density at radius 2 is 2.30 bits per heavy atom. The summed E-state index contributed by atoms with van der Waals surface area (Å²) in [6.45, 7) is 3.62. The molecule has 5 nitrogen and oxygen atoms in total. The van der Waals surface area contributed by atoms with E-state index in [2.05, 4.69) is 15.8 Å². The van der Waals surface area contributed by atoms with Gasteiger partial charge in [-0.25, -0.2) is 0 Å². The van der Waals surface area contributed by atoms with Crippen molar-refractivity contribution in [2.45, 2.75) is 37.2 Å². The smallest absolute Gasteiger partial charge is 0.242 e. The maximum absolute atomic E-state index is 12.3. The lowest BCUT2D eigenvalue weighted by atomic mass is 10.0. The number of carbonyl (C=O) groups excluding carboxylic acids is 1. The average Bonchev–Trinajstić information content (AvgIpc) is 2.93. The summed E-state index contributed by atoms with van der Waals surface area (Å²) < 4.78 is 4.95. The van der Waals surface area contributed by atoms with Crippen LogP contribution in [0.5, 0.6) is 0 Å². The number of halogens is 1. The van der Waals surface area contributed by atoms with Crippen LogP contribution in [0.4, 0.5) is 5.82 Å². The number of anilines is 1. The van der Waals surface area contributed by atoms with Gasteiger partial charge in [0.25, 0.3) is 0 Å². The monoisotopic (exact) mass is 351 g/mol. The molecule has 3 rings (SSSR count). The Bertz CT molecular complexity index is 719.